The largest absolute Gasteiger partial charge is 0.339 e. The van der Waals surface area contributed by atoms with Crippen molar-refractivity contribution < 1.29 is 9.32 Å². The van der Waals surface area contributed by atoms with Gasteiger partial charge in [-0.2, -0.15) is 4.98 Å². The van der Waals surface area contributed by atoms with E-state index in [1.165, 1.54) is 5.56 Å². The summed E-state index contributed by atoms with van der Waals surface area (Å²) >= 11 is 3.18. The minimum absolute atomic E-state index is 0.0793. The molecule has 31 heavy (non-hydrogen) atoms. The van der Waals surface area contributed by atoms with Gasteiger partial charge in [-0.25, -0.2) is 4.98 Å². The van der Waals surface area contributed by atoms with Gasteiger partial charge in [0.1, 0.15) is 0 Å². The first-order valence-electron chi connectivity index (χ1n) is 9.88. The minimum Gasteiger partial charge on any atom is -0.339 e. The normalized spacial score (nSPS) is 10.9. The van der Waals surface area contributed by atoms with Gasteiger partial charge in [-0.15, -0.1) is 11.3 Å². The van der Waals surface area contributed by atoms with Crippen molar-refractivity contribution in [3.63, 3.8) is 0 Å². The molecule has 1 amide bonds. The molecule has 0 unspecified atom stereocenters. The molecule has 0 saturated heterocycles. The molecule has 0 aliphatic rings. The maximum atomic E-state index is 12.1. The van der Waals surface area contributed by atoms with Crippen molar-refractivity contribution in [3.05, 3.63) is 76.8 Å². The Morgan fingerprint density at radius 3 is 2.48 bits per heavy atom. The molecule has 158 valence electrons. The van der Waals surface area contributed by atoms with Crippen LogP contribution in [-0.4, -0.2) is 21.0 Å². The lowest BCUT2D eigenvalue weighted by Gasteiger charge is -2.04. The van der Waals surface area contributed by atoms with Gasteiger partial charge in [-0.3, -0.25) is 4.79 Å². The highest BCUT2D eigenvalue weighted by Gasteiger charge is 2.11. The lowest BCUT2D eigenvalue weighted by Crippen LogP contribution is -2.12. The Hall–Kier alpha value is -2.97. The first kappa shape index (κ1) is 21.3. The van der Waals surface area contributed by atoms with Gasteiger partial charge in [-0.1, -0.05) is 64.4 Å². The molecular formula is C23H22N4O2S2. The second-order valence-electron chi connectivity index (χ2n) is 7.17. The van der Waals surface area contributed by atoms with Crippen LogP contribution in [0.1, 0.15) is 29.3 Å². The van der Waals surface area contributed by atoms with Crippen LogP contribution in [0.2, 0.25) is 0 Å². The van der Waals surface area contributed by atoms with Gasteiger partial charge in [0.25, 0.3) is 0 Å². The number of carbonyl (C=O) groups is 1. The van der Waals surface area contributed by atoms with Crippen molar-refractivity contribution in [2.24, 2.45) is 0 Å². The zero-order valence-corrected chi connectivity index (χ0v) is 18.9. The van der Waals surface area contributed by atoms with Crippen molar-refractivity contribution >= 4 is 34.7 Å². The van der Waals surface area contributed by atoms with Gasteiger partial charge in [0.05, 0.1) is 11.4 Å². The molecule has 0 aliphatic carbocycles. The highest BCUT2D eigenvalue weighted by Crippen LogP contribution is 2.30. The number of nitrogens with one attached hydrogen (secondary N) is 1. The zero-order valence-electron chi connectivity index (χ0n) is 17.3. The van der Waals surface area contributed by atoms with Crippen LogP contribution < -0.4 is 5.32 Å². The predicted octanol–water partition coefficient (Wildman–Crippen LogP) is 5.67. The number of aryl methyl sites for hydroxylation is 3. The Labute approximate surface area is 189 Å². The molecule has 0 atom stereocenters. The van der Waals surface area contributed by atoms with Gasteiger partial charge >= 0.3 is 0 Å². The molecule has 0 saturated carbocycles. The fourth-order valence-corrected chi connectivity index (χ4v) is 4.52. The van der Waals surface area contributed by atoms with Gasteiger partial charge in [0.15, 0.2) is 10.2 Å². The van der Waals surface area contributed by atoms with Crippen molar-refractivity contribution in [2.75, 3.05) is 5.32 Å². The summed E-state index contributed by atoms with van der Waals surface area (Å²) in [5, 5.41) is 8.94. The second kappa shape index (κ2) is 9.89. The summed E-state index contributed by atoms with van der Waals surface area (Å²) in [5.74, 6) is 1.56. The number of hydrogen-bond acceptors (Lipinski definition) is 7. The molecule has 2 aromatic heterocycles. The van der Waals surface area contributed by atoms with Crippen molar-refractivity contribution in [2.45, 2.75) is 36.8 Å². The SMILES string of the molecule is Cc1ccc(NC(=O)CCc2nc(CSc3nc(-c4ccc(C)cc4)cs3)no2)cc1. The van der Waals surface area contributed by atoms with Crippen LogP contribution in [0.3, 0.4) is 0 Å². The zero-order chi connectivity index (χ0) is 21.6. The highest BCUT2D eigenvalue weighted by atomic mass is 32.2. The third kappa shape index (κ3) is 6.02. The Kier molecular flexibility index (Phi) is 6.79. The summed E-state index contributed by atoms with van der Waals surface area (Å²) in [5.41, 5.74) is 5.25. The highest BCUT2D eigenvalue weighted by molar-refractivity contribution is 8.00. The Morgan fingerprint density at radius 2 is 1.74 bits per heavy atom. The van der Waals surface area contributed by atoms with Gasteiger partial charge in [0.2, 0.25) is 11.8 Å². The van der Waals surface area contributed by atoms with Crippen molar-refractivity contribution in [3.8, 4) is 11.3 Å². The van der Waals surface area contributed by atoms with Crippen molar-refractivity contribution in [1.29, 1.82) is 0 Å². The minimum atomic E-state index is -0.0793. The quantitative estimate of drug-likeness (QED) is 0.348. The number of hydrogen-bond donors (Lipinski definition) is 1. The summed E-state index contributed by atoms with van der Waals surface area (Å²) in [6, 6.07) is 16.0. The van der Waals surface area contributed by atoms with E-state index in [1.54, 1.807) is 23.1 Å². The first-order chi connectivity index (χ1) is 15.0. The van der Waals surface area contributed by atoms with Crippen molar-refractivity contribution in [1.82, 2.24) is 15.1 Å². The first-order valence-corrected chi connectivity index (χ1v) is 11.7. The molecule has 1 N–H and O–H groups in total. The van der Waals surface area contributed by atoms with E-state index in [0.29, 0.717) is 23.9 Å². The maximum Gasteiger partial charge on any atom is 0.227 e. The molecule has 0 aliphatic heterocycles. The summed E-state index contributed by atoms with van der Waals surface area (Å²) < 4.78 is 6.24. The van der Waals surface area contributed by atoms with Gasteiger partial charge in [-0.05, 0) is 26.0 Å². The lowest BCUT2D eigenvalue weighted by molar-refractivity contribution is -0.116. The van der Waals surface area contributed by atoms with Crippen LogP contribution in [0, 0.1) is 13.8 Å². The van der Waals surface area contributed by atoms with Crippen LogP contribution in [-0.2, 0) is 17.0 Å². The van der Waals surface area contributed by atoms with Crippen LogP contribution in [0.15, 0.2) is 62.8 Å². The van der Waals surface area contributed by atoms with E-state index >= 15 is 0 Å². The molecule has 2 heterocycles. The second-order valence-corrected chi connectivity index (χ2v) is 9.25. The number of anilines is 1. The smallest absolute Gasteiger partial charge is 0.227 e. The number of thiazole rings is 1. The van der Waals surface area contributed by atoms with Crippen LogP contribution >= 0.6 is 23.1 Å². The molecule has 6 nitrogen and oxygen atoms in total. The van der Waals surface area contributed by atoms with Gasteiger partial charge in [0, 0.05) is 29.5 Å². The molecule has 8 heteroatoms. The van der Waals surface area contributed by atoms with Crippen LogP contribution in [0.25, 0.3) is 11.3 Å². The van der Waals surface area contributed by atoms with E-state index in [2.05, 4.69) is 57.0 Å². The maximum absolute atomic E-state index is 12.1. The Bertz CT molecular complexity index is 1150. The number of rotatable bonds is 8. The Balaban J connectivity index is 1.25. The van der Waals surface area contributed by atoms with E-state index < -0.39 is 0 Å². The fourth-order valence-electron chi connectivity index (χ4n) is 2.84. The molecule has 0 spiro atoms. The topological polar surface area (TPSA) is 80.9 Å². The summed E-state index contributed by atoms with van der Waals surface area (Å²) in [7, 11) is 0. The molecule has 2 aromatic carbocycles. The Morgan fingerprint density at radius 1 is 1.03 bits per heavy atom. The molecular weight excluding hydrogens is 428 g/mol. The van der Waals surface area contributed by atoms with Crippen LogP contribution in [0.4, 0.5) is 5.69 Å². The van der Waals surface area contributed by atoms with E-state index in [9.17, 15) is 4.79 Å². The third-order valence-electron chi connectivity index (χ3n) is 4.57. The predicted molar refractivity (Wildman–Crippen MR) is 124 cm³/mol. The number of aromatic nitrogens is 3. The van der Waals surface area contributed by atoms with E-state index in [-0.39, 0.29) is 12.3 Å². The monoisotopic (exact) mass is 450 g/mol. The van der Waals surface area contributed by atoms with E-state index in [1.807, 2.05) is 31.2 Å². The number of nitrogens with zero attached hydrogens (tertiary/aromatic N) is 3. The molecule has 0 radical (unpaired) electrons. The molecule has 0 fully saturated rings. The van der Waals surface area contributed by atoms with E-state index in [4.69, 9.17) is 4.52 Å². The lowest BCUT2D eigenvalue weighted by atomic mass is 10.1. The average molecular weight is 451 g/mol. The summed E-state index contributed by atoms with van der Waals surface area (Å²) in [6.07, 6.45) is 0.694. The number of benzene rings is 2. The standard InChI is InChI=1S/C23H22N4O2S2/c1-15-3-7-17(8-4-15)19-13-30-23(25-19)31-14-20-26-22(29-27-20)12-11-21(28)24-18-9-5-16(2)6-10-18/h3-10,13H,11-12,14H2,1-2H3,(H,24,28). The number of thioether (sulfide) groups is 1. The molecule has 4 aromatic rings. The summed E-state index contributed by atoms with van der Waals surface area (Å²) in [4.78, 5) is 21.2. The third-order valence-corrected chi connectivity index (χ3v) is 6.58. The fraction of sp³-hybridized carbons (Fsp3) is 0.217. The summed E-state index contributed by atoms with van der Waals surface area (Å²) in [6.45, 7) is 4.08. The molecule has 4 rings (SSSR count). The average Bonchev–Trinajstić information content (AvgIpc) is 3.42. The van der Waals surface area contributed by atoms with E-state index in [0.717, 1.165) is 26.8 Å². The number of amides is 1. The molecule has 0 bridgehead atoms. The number of carbonyl (C=O) groups excluding carboxylic acids is 1. The van der Waals surface area contributed by atoms with Gasteiger partial charge < -0.3 is 9.84 Å². The van der Waals surface area contributed by atoms with Crippen LogP contribution in [0.5, 0.6) is 0 Å².